The highest BCUT2D eigenvalue weighted by atomic mass is 16.1. The van der Waals surface area contributed by atoms with Crippen molar-refractivity contribution in [1.29, 1.82) is 0 Å². The standard InChI is InChI=1S/C14H21NO/c1-4-7-15-10-14(16)9-13-6-5-11(2)12(3)8-13/h5-6,8,15H,4,7,9-10H2,1-3H3. The van der Waals surface area contributed by atoms with E-state index < -0.39 is 0 Å². The number of carbonyl (C=O) groups excluding carboxylic acids is 1. The van der Waals surface area contributed by atoms with E-state index in [1.54, 1.807) is 0 Å². The van der Waals surface area contributed by atoms with Crippen molar-refractivity contribution in [1.82, 2.24) is 5.32 Å². The van der Waals surface area contributed by atoms with Crippen LogP contribution in [-0.4, -0.2) is 18.9 Å². The molecule has 0 bridgehead atoms. The second-order valence-corrected chi connectivity index (χ2v) is 4.31. The van der Waals surface area contributed by atoms with Crippen LogP contribution in [0, 0.1) is 13.8 Å². The van der Waals surface area contributed by atoms with Crippen LogP contribution in [0.15, 0.2) is 18.2 Å². The van der Waals surface area contributed by atoms with Crippen molar-refractivity contribution in [3.63, 3.8) is 0 Å². The summed E-state index contributed by atoms with van der Waals surface area (Å²) in [6.07, 6.45) is 1.61. The van der Waals surface area contributed by atoms with E-state index in [9.17, 15) is 4.79 Å². The van der Waals surface area contributed by atoms with Crippen LogP contribution in [0.3, 0.4) is 0 Å². The zero-order valence-corrected chi connectivity index (χ0v) is 10.5. The van der Waals surface area contributed by atoms with Crippen molar-refractivity contribution in [3.05, 3.63) is 34.9 Å². The van der Waals surface area contributed by atoms with Gasteiger partial charge in [0.2, 0.25) is 0 Å². The normalized spacial score (nSPS) is 10.4. The lowest BCUT2D eigenvalue weighted by atomic mass is 10.0. The molecule has 16 heavy (non-hydrogen) atoms. The van der Waals surface area contributed by atoms with Crippen LogP contribution >= 0.6 is 0 Å². The average Bonchev–Trinajstić information content (AvgIpc) is 2.24. The fourth-order valence-electron chi connectivity index (χ4n) is 1.61. The summed E-state index contributed by atoms with van der Waals surface area (Å²) in [4.78, 5) is 11.6. The van der Waals surface area contributed by atoms with Gasteiger partial charge in [0.15, 0.2) is 5.78 Å². The number of nitrogens with one attached hydrogen (secondary N) is 1. The molecule has 0 spiro atoms. The Kier molecular flexibility index (Phi) is 5.20. The van der Waals surface area contributed by atoms with E-state index in [1.807, 2.05) is 6.07 Å². The molecule has 1 aromatic carbocycles. The molecule has 0 atom stereocenters. The first-order valence-electron chi connectivity index (χ1n) is 5.92. The summed E-state index contributed by atoms with van der Waals surface area (Å²) in [5.74, 6) is 0.261. The molecule has 1 N–H and O–H groups in total. The monoisotopic (exact) mass is 219 g/mol. The molecule has 0 unspecified atom stereocenters. The van der Waals surface area contributed by atoms with E-state index in [2.05, 4.69) is 38.2 Å². The summed E-state index contributed by atoms with van der Waals surface area (Å²) in [5.41, 5.74) is 3.65. The van der Waals surface area contributed by atoms with Crippen LogP contribution in [0.4, 0.5) is 0 Å². The molecule has 0 saturated heterocycles. The molecule has 0 saturated carbocycles. The highest BCUT2D eigenvalue weighted by molar-refractivity contribution is 5.82. The van der Waals surface area contributed by atoms with E-state index in [0.717, 1.165) is 18.5 Å². The van der Waals surface area contributed by atoms with E-state index in [4.69, 9.17) is 0 Å². The molecule has 88 valence electrons. The van der Waals surface area contributed by atoms with Gasteiger partial charge in [-0.1, -0.05) is 25.1 Å². The van der Waals surface area contributed by atoms with Crippen molar-refractivity contribution in [2.45, 2.75) is 33.6 Å². The Morgan fingerprint density at radius 2 is 2.00 bits per heavy atom. The summed E-state index contributed by atoms with van der Waals surface area (Å²) < 4.78 is 0. The molecule has 1 aromatic rings. The zero-order chi connectivity index (χ0) is 12.0. The highest BCUT2D eigenvalue weighted by Crippen LogP contribution is 2.10. The van der Waals surface area contributed by atoms with Crippen molar-refractivity contribution >= 4 is 5.78 Å². The summed E-state index contributed by atoms with van der Waals surface area (Å²) in [7, 11) is 0. The number of ketones is 1. The van der Waals surface area contributed by atoms with Gasteiger partial charge < -0.3 is 5.32 Å². The second kappa shape index (κ2) is 6.44. The number of benzene rings is 1. The molecule has 0 amide bonds. The van der Waals surface area contributed by atoms with Crippen molar-refractivity contribution in [3.8, 4) is 0 Å². The summed E-state index contributed by atoms with van der Waals surface area (Å²) in [5, 5.41) is 3.13. The molecule has 0 aliphatic heterocycles. The minimum absolute atomic E-state index is 0.261. The summed E-state index contributed by atoms with van der Waals surface area (Å²) in [6, 6.07) is 6.23. The van der Waals surface area contributed by atoms with Gasteiger partial charge in [0.05, 0.1) is 6.54 Å². The minimum atomic E-state index is 0.261. The quantitative estimate of drug-likeness (QED) is 0.744. The van der Waals surface area contributed by atoms with E-state index in [1.165, 1.54) is 11.1 Å². The fourth-order valence-corrected chi connectivity index (χ4v) is 1.61. The summed E-state index contributed by atoms with van der Waals surface area (Å²) in [6.45, 7) is 7.67. The minimum Gasteiger partial charge on any atom is -0.310 e. The molecule has 0 aliphatic carbocycles. The largest absolute Gasteiger partial charge is 0.310 e. The van der Waals surface area contributed by atoms with Crippen molar-refractivity contribution in [2.75, 3.05) is 13.1 Å². The smallest absolute Gasteiger partial charge is 0.150 e. The van der Waals surface area contributed by atoms with Gasteiger partial charge in [-0.15, -0.1) is 0 Å². The van der Waals surface area contributed by atoms with Crippen LogP contribution < -0.4 is 5.32 Å². The molecular formula is C14H21NO. The lowest BCUT2D eigenvalue weighted by Crippen LogP contribution is -2.24. The fraction of sp³-hybridized carbons (Fsp3) is 0.500. The molecular weight excluding hydrogens is 198 g/mol. The predicted octanol–water partition coefficient (Wildman–Crippen LogP) is 2.41. The second-order valence-electron chi connectivity index (χ2n) is 4.31. The summed E-state index contributed by atoms with van der Waals surface area (Å²) >= 11 is 0. The predicted molar refractivity (Wildman–Crippen MR) is 67.8 cm³/mol. The molecule has 0 aromatic heterocycles. The molecule has 2 heteroatoms. The van der Waals surface area contributed by atoms with E-state index in [-0.39, 0.29) is 5.78 Å². The Labute approximate surface area is 98.1 Å². The maximum absolute atomic E-state index is 11.6. The van der Waals surface area contributed by atoms with Crippen molar-refractivity contribution < 1.29 is 4.79 Å². The van der Waals surface area contributed by atoms with Gasteiger partial charge in [0.25, 0.3) is 0 Å². The van der Waals surface area contributed by atoms with Gasteiger partial charge in [-0.25, -0.2) is 0 Å². The van der Waals surface area contributed by atoms with E-state index >= 15 is 0 Å². The van der Waals surface area contributed by atoms with E-state index in [0.29, 0.717) is 13.0 Å². The molecule has 0 aliphatic rings. The lowest BCUT2D eigenvalue weighted by Gasteiger charge is -2.05. The number of aryl methyl sites for hydroxylation is 2. The van der Waals surface area contributed by atoms with Crippen LogP contribution in [0.25, 0.3) is 0 Å². The molecule has 0 radical (unpaired) electrons. The average molecular weight is 219 g/mol. The Hall–Kier alpha value is -1.15. The number of carbonyl (C=O) groups is 1. The number of hydrogen-bond donors (Lipinski definition) is 1. The van der Waals surface area contributed by atoms with Gasteiger partial charge in [-0.2, -0.15) is 0 Å². The third-order valence-corrected chi connectivity index (χ3v) is 2.72. The van der Waals surface area contributed by atoms with Gasteiger partial charge >= 0.3 is 0 Å². The molecule has 2 nitrogen and oxygen atoms in total. The van der Waals surface area contributed by atoms with Gasteiger partial charge in [-0.05, 0) is 43.5 Å². The van der Waals surface area contributed by atoms with Crippen LogP contribution in [0.2, 0.25) is 0 Å². The zero-order valence-electron chi connectivity index (χ0n) is 10.5. The molecule has 1 rings (SSSR count). The van der Waals surface area contributed by atoms with Crippen LogP contribution in [0.5, 0.6) is 0 Å². The Balaban J connectivity index is 2.46. The van der Waals surface area contributed by atoms with Crippen LogP contribution in [0.1, 0.15) is 30.0 Å². The topological polar surface area (TPSA) is 29.1 Å². The van der Waals surface area contributed by atoms with Crippen molar-refractivity contribution in [2.24, 2.45) is 0 Å². The van der Waals surface area contributed by atoms with Crippen LogP contribution in [-0.2, 0) is 11.2 Å². The maximum atomic E-state index is 11.6. The van der Waals surface area contributed by atoms with Gasteiger partial charge in [0, 0.05) is 6.42 Å². The number of rotatable bonds is 6. The SMILES string of the molecule is CCCNCC(=O)Cc1ccc(C)c(C)c1. The van der Waals surface area contributed by atoms with Gasteiger partial charge in [-0.3, -0.25) is 4.79 Å². The third kappa shape index (κ3) is 4.15. The third-order valence-electron chi connectivity index (χ3n) is 2.72. The Bertz CT molecular complexity index is 358. The highest BCUT2D eigenvalue weighted by Gasteiger charge is 2.03. The molecule has 0 fully saturated rings. The Morgan fingerprint density at radius 1 is 1.25 bits per heavy atom. The molecule has 0 heterocycles. The first kappa shape index (κ1) is 12.9. The lowest BCUT2D eigenvalue weighted by molar-refractivity contribution is -0.117. The number of Topliss-reactive ketones (excluding diaryl/α,β-unsaturated/α-hetero) is 1. The number of hydrogen-bond acceptors (Lipinski definition) is 2. The first-order valence-corrected chi connectivity index (χ1v) is 5.92. The Morgan fingerprint density at radius 3 is 2.62 bits per heavy atom. The first-order chi connectivity index (χ1) is 7.63. The maximum Gasteiger partial charge on any atom is 0.150 e. The van der Waals surface area contributed by atoms with Gasteiger partial charge in [0.1, 0.15) is 0 Å².